The lowest BCUT2D eigenvalue weighted by Gasteiger charge is -2.09. The third-order valence-corrected chi connectivity index (χ3v) is 5.40. The SMILES string of the molecule is CC(CSc1nonc1-c1noc(=O)n1-c1ccc(F)c(C(F)F)c1)OS(C)(=O)=O. The van der Waals surface area contributed by atoms with Gasteiger partial charge in [0.25, 0.3) is 16.5 Å². The predicted octanol–water partition coefficient (Wildman–Crippen LogP) is 2.41. The first-order valence-corrected chi connectivity index (χ1v) is 10.9. The van der Waals surface area contributed by atoms with Gasteiger partial charge in [-0.3, -0.25) is 8.71 Å². The molecule has 0 radical (unpaired) electrons. The maximum absolute atomic E-state index is 13.6. The van der Waals surface area contributed by atoms with Crippen molar-refractivity contribution < 1.29 is 34.9 Å². The molecule has 2 heterocycles. The van der Waals surface area contributed by atoms with Crippen LogP contribution >= 0.6 is 11.8 Å². The number of nitrogens with zero attached hydrogens (tertiary/aromatic N) is 4. The Morgan fingerprint density at radius 3 is 2.67 bits per heavy atom. The van der Waals surface area contributed by atoms with Gasteiger partial charge >= 0.3 is 5.76 Å². The van der Waals surface area contributed by atoms with Gasteiger partial charge in [0.15, 0.2) is 10.7 Å². The van der Waals surface area contributed by atoms with E-state index >= 15 is 0 Å². The Labute approximate surface area is 171 Å². The summed E-state index contributed by atoms with van der Waals surface area (Å²) in [7, 11) is -3.67. The van der Waals surface area contributed by atoms with Crippen LogP contribution in [0.3, 0.4) is 0 Å². The molecule has 0 bridgehead atoms. The Kier molecular flexibility index (Phi) is 6.33. The molecule has 0 amide bonds. The van der Waals surface area contributed by atoms with E-state index in [0.29, 0.717) is 0 Å². The minimum Gasteiger partial charge on any atom is -0.295 e. The van der Waals surface area contributed by atoms with Gasteiger partial charge in [0.2, 0.25) is 5.82 Å². The van der Waals surface area contributed by atoms with Crippen LogP contribution in [0.25, 0.3) is 17.2 Å². The lowest BCUT2D eigenvalue weighted by molar-refractivity contribution is 0.146. The van der Waals surface area contributed by atoms with E-state index < -0.39 is 39.8 Å². The van der Waals surface area contributed by atoms with Gasteiger partial charge in [-0.1, -0.05) is 16.9 Å². The molecule has 162 valence electrons. The highest BCUT2D eigenvalue weighted by molar-refractivity contribution is 7.99. The largest absolute Gasteiger partial charge is 0.446 e. The van der Waals surface area contributed by atoms with Crippen molar-refractivity contribution in [3.63, 3.8) is 0 Å². The second-order valence-corrected chi connectivity index (χ2v) is 8.56. The molecule has 3 rings (SSSR count). The zero-order valence-electron chi connectivity index (χ0n) is 15.3. The molecule has 1 aromatic carbocycles. The minimum absolute atomic E-state index is 0.0691. The quantitative estimate of drug-likeness (QED) is 0.360. The number of hydrogen-bond donors (Lipinski definition) is 0. The Bertz CT molecular complexity index is 1210. The van der Waals surface area contributed by atoms with Crippen molar-refractivity contribution in [3.05, 3.63) is 40.1 Å². The Balaban J connectivity index is 1.94. The van der Waals surface area contributed by atoms with E-state index in [4.69, 9.17) is 4.18 Å². The molecule has 1 unspecified atom stereocenters. The van der Waals surface area contributed by atoms with Crippen LogP contribution in [0.1, 0.15) is 18.9 Å². The van der Waals surface area contributed by atoms with Gasteiger partial charge in [0, 0.05) is 5.75 Å². The number of rotatable bonds is 8. The molecule has 10 nitrogen and oxygen atoms in total. The summed E-state index contributed by atoms with van der Waals surface area (Å²) in [6.07, 6.45) is -2.93. The summed E-state index contributed by atoms with van der Waals surface area (Å²) in [6.45, 7) is 1.51. The van der Waals surface area contributed by atoms with E-state index in [1.165, 1.54) is 6.92 Å². The minimum atomic E-state index is -3.67. The molecule has 2 aromatic heterocycles. The first-order chi connectivity index (χ1) is 14.1. The van der Waals surface area contributed by atoms with E-state index in [0.717, 1.165) is 40.8 Å². The lowest BCUT2D eigenvalue weighted by Crippen LogP contribution is -2.16. The highest BCUT2D eigenvalue weighted by Gasteiger charge is 2.25. The first-order valence-electron chi connectivity index (χ1n) is 8.07. The van der Waals surface area contributed by atoms with Gasteiger partial charge in [-0.05, 0) is 35.4 Å². The Morgan fingerprint density at radius 2 is 2.00 bits per heavy atom. The number of alkyl halides is 2. The van der Waals surface area contributed by atoms with Crippen molar-refractivity contribution in [2.24, 2.45) is 0 Å². The number of hydrogen-bond acceptors (Lipinski definition) is 10. The van der Waals surface area contributed by atoms with Gasteiger partial charge in [-0.25, -0.2) is 27.2 Å². The number of halogens is 3. The fourth-order valence-corrected chi connectivity index (χ4v) is 3.96. The van der Waals surface area contributed by atoms with Crippen molar-refractivity contribution in [2.45, 2.75) is 24.5 Å². The van der Waals surface area contributed by atoms with Crippen LogP contribution < -0.4 is 5.76 Å². The molecule has 0 aliphatic rings. The lowest BCUT2D eigenvalue weighted by atomic mass is 10.2. The van der Waals surface area contributed by atoms with Crippen LogP contribution in [0.5, 0.6) is 0 Å². The zero-order valence-corrected chi connectivity index (χ0v) is 16.9. The molecule has 0 aliphatic carbocycles. The van der Waals surface area contributed by atoms with E-state index in [9.17, 15) is 26.4 Å². The van der Waals surface area contributed by atoms with Crippen LogP contribution in [0.15, 0.2) is 37.2 Å². The van der Waals surface area contributed by atoms with Gasteiger partial charge in [0.1, 0.15) is 5.82 Å². The second kappa shape index (κ2) is 8.61. The van der Waals surface area contributed by atoms with Gasteiger partial charge in [-0.15, -0.1) is 0 Å². The molecule has 0 spiro atoms. The van der Waals surface area contributed by atoms with Crippen molar-refractivity contribution in [2.75, 3.05) is 12.0 Å². The number of aromatic nitrogens is 4. The fourth-order valence-electron chi connectivity index (χ4n) is 2.40. The monoisotopic (exact) mass is 466 g/mol. The zero-order chi connectivity index (χ0) is 22.1. The summed E-state index contributed by atoms with van der Waals surface area (Å²) in [5.41, 5.74) is -1.12. The maximum Gasteiger partial charge on any atom is 0.446 e. The average molecular weight is 466 g/mol. The van der Waals surface area contributed by atoms with E-state index in [1.807, 2.05) is 0 Å². The summed E-state index contributed by atoms with van der Waals surface area (Å²) in [5.74, 6) is -2.29. The summed E-state index contributed by atoms with van der Waals surface area (Å²) in [5, 5.41) is 11.0. The number of thioether (sulfide) groups is 1. The van der Waals surface area contributed by atoms with Crippen LogP contribution in [-0.4, -0.2) is 46.6 Å². The van der Waals surface area contributed by atoms with Crippen LogP contribution in [0.2, 0.25) is 0 Å². The summed E-state index contributed by atoms with van der Waals surface area (Å²) in [4.78, 5) is 12.1. The molecular formula is C15H13F3N4O6S2. The van der Waals surface area contributed by atoms with Crippen molar-refractivity contribution in [1.29, 1.82) is 0 Å². The Morgan fingerprint density at radius 1 is 1.27 bits per heavy atom. The van der Waals surface area contributed by atoms with Crippen LogP contribution in [-0.2, 0) is 14.3 Å². The highest BCUT2D eigenvalue weighted by Crippen LogP contribution is 2.30. The predicted molar refractivity (Wildman–Crippen MR) is 96.4 cm³/mol. The van der Waals surface area contributed by atoms with Crippen molar-refractivity contribution >= 4 is 21.9 Å². The smallest absolute Gasteiger partial charge is 0.295 e. The van der Waals surface area contributed by atoms with E-state index in [1.54, 1.807) is 0 Å². The third kappa shape index (κ3) is 4.91. The second-order valence-electron chi connectivity index (χ2n) is 5.95. The van der Waals surface area contributed by atoms with E-state index in [-0.39, 0.29) is 28.0 Å². The van der Waals surface area contributed by atoms with Crippen molar-refractivity contribution in [1.82, 2.24) is 20.0 Å². The molecular weight excluding hydrogens is 453 g/mol. The summed E-state index contributed by atoms with van der Waals surface area (Å²) >= 11 is 0.987. The fraction of sp³-hybridized carbons (Fsp3) is 0.333. The normalized spacial score (nSPS) is 13.1. The molecule has 0 N–H and O–H groups in total. The van der Waals surface area contributed by atoms with E-state index in [2.05, 4.69) is 24.6 Å². The van der Waals surface area contributed by atoms with Gasteiger partial charge in [-0.2, -0.15) is 8.42 Å². The summed E-state index contributed by atoms with van der Waals surface area (Å²) in [6, 6.07) is 2.65. The van der Waals surface area contributed by atoms with Gasteiger partial charge in [0.05, 0.1) is 23.6 Å². The molecule has 0 saturated heterocycles. The standard InChI is InChI=1S/C15H13F3N4O6S2/c1-7(27-30(2,24)25)6-29-14-11(19-28-21-14)13-20-26-15(23)22(13)8-3-4-10(16)9(5-8)12(17)18/h3-5,7,12H,6H2,1-2H3. The highest BCUT2D eigenvalue weighted by atomic mass is 32.2. The molecule has 1 atom stereocenters. The van der Waals surface area contributed by atoms with Crippen molar-refractivity contribution in [3.8, 4) is 17.2 Å². The molecule has 30 heavy (non-hydrogen) atoms. The number of benzene rings is 1. The Hall–Kier alpha value is -2.65. The molecule has 0 fully saturated rings. The average Bonchev–Trinajstić information content (AvgIpc) is 3.25. The first kappa shape index (κ1) is 22.0. The third-order valence-electron chi connectivity index (χ3n) is 3.54. The maximum atomic E-state index is 13.6. The molecule has 0 aliphatic heterocycles. The van der Waals surface area contributed by atoms with Crippen LogP contribution in [0, 0.1) is 5.82 Å². The van der Waals surface area contributed by atoms with Gasteiger partial charge < -0.3 is 0 Å². The molecule has 15 heteroatoms. The topological polar surface area (TPSA) is 130 Å². The molecule has 3 aromatic rings. The summed E-state index contributed by atoms with van der Waals surface area (Å²) < 4.78 is 76.8. The van der Waals surface area contributed by atoms with Crippen LogP contribution in [0.4, 0.5) is 13.2 Å². The molecule has 0 saturated carbocycles.